The zero-order valence-corrected chi connectivity index (χ0v) is 12.9. The van der Waals surface area contributed by atoms with Crippen LogP contribution in [0.5, 0.6) is 0 Å². The second-order valence-electron chi connectivity index (χ2n) is 4.78. The van der Waals surface area contributed by atoms with Crippen LogP contribution in [0, 0.1) is 0 Å². The molecule has 0 aliphatic rings. The lowest BCUT2D eigenvalue weighted by molar-refractivity contribution is 0.0772. The van der Waals surface area contributed by atoms with Gasteiger partial charge < -0.3 is 10.1 Å². The molecule has 20 heavy (non-hydrogen) atoms. The highest BCUT2D eigenvalue weighted by molar-refractivity contribution is 7.99. The number of thioether (sulfide) groups is 1. The van der Waals surface area contributed by atoms with Gasteiger partial charge in [0.25, 0.3) is 0 Å². The molecule has 0 saturated carbocycles. The molecule has 0 radical (unpaired) electrons. The predicted octanol–water partition coefficient (Wildman–Crippen LogP) is 2.23. The van der Waals surface area contributed by atoms with E-state index in [1.165, 1.54) is 0 Å². The average molecular weight is 294 g/mol. The number of rotatable bonds is 9. The average Bonchev–Trinajstić information content (AvgIpc) is 2.85. The van der Waals surface area contributed by atoms with Crippen molar-refractivity contribution in [3.05, 3.63) is 24.4 Å². The Balaban J connectivity index is 1.59. The lowest BCUT2D eigenvalue weighted by Crippen LogP contribution is -2.20. The summed E-state index contributed by atoms with van der Waals surface area (Å²) in [5.74, 6) is 0.987. The summed E-state index contributed by atoms with van der Waals surface area (Å²) in [7, 11) is 0. The molecule has 2 aromatic heterocycles. The summed E-state index contributed by atoms with van der Waals surface area (Å²) in [6.45, 7) is 6.91. The van der Waals surface area contributed by atoms with E-state index in [-0.39, 0.29) is 0 Å². The van der Waals surface area contributed by atoms with Gasteiger partial charge in [-0.3, -0.25) is 4.40 Å². The van der Waals surface area contributed by atoms with E-state index in [1.807, 2.05) is 28.8 Å². The summed E-state index contributed by atoms with van der Waals surface area (Å²) >= 11 is 1.72. The largest absolute Gasteiger partial charge is 0.379 e. The summed E-state index contributed by atoms with van der Waals surface area (Å²) < 4.78 is 7.50. The van der Waals surface area contributed by atoms with Gasteiger partial charge in [0.05, 0.1) is 6.10 Å². The lowest BCUT2D eigenvalue weighted by Gasteiger charge is -2.07. The van der Waals surface area contributed by atoms with Crippen LogP contribution in [-0.2, 0) is 4.74 Å². The van der Waals surface area contributed by atoms with Gasteiger partial charge in [-0.25, -0.2) is 0 Å². The maximum atomic E-state index is 5.49. The summed E-state index contributed by atoms with van der Waals surface area (Å²) in [5, 5.41) is 12.7. The summed E-state index contributed by atoms with van der Waals surface area (Å²) in [5.41, 5.74) is 0.897. The number of nitrogens with one attached hydrogen (secondary N) is 1. The second kappa shape index (κ2) is 8.24. The van der Waals surface area contributed by atoms with Crippen molar-refractivity contribution >= 4 is 17.4 Å². The first-order valence-electron chi connectivity index (χ1n) is 7.02. The highest BCUT2D eigenvalue weighted by Gasteiger charge is 2.04. The molecule has 0 aliphatic carbocycles. The molecule has 0 aliphatic heterocycles. The van der Waals surface area contributed by atoms with E-state index in [0.29, 0.717) is 6.10 Å². The molecule has 2 aromatic rings. The lowest BCUT2D eigenvalue weighted by atomic mass is 10.4. The molecule has 5 nitrogen and oxygen atoms in total. The fraction of sp³-hybridized carbons (Fsp3) is 0.571. The third-order valence-electron chi connectivity index (χ3n) is 2.74. The smallest absolute Gasteiger partial charge is 0.195 e. The minimum Gasteiger partial charge on any atom is -0.379 e. The van der Waals surface area contributed by atoms with E-state index >= 15 is 0 Å². The maximum absolute atomic E-state index is 5.49. The molecule has 0 bridgehead atoms. The van der Waals surface area contributed by atoms with Crippen LogP contribution < -0.4 is 5.32 Å². The first-order chi connectivity index (χ1) is 9.77. The monoisotopic (exact) mass is 294 g/mol. The molecule has 0 amide bonds. The van der Waals surface area contributed by atoms with Crippen molar-refractivity contribution in [1.29, 1.82) is 0 Å². The molecule has 2 rings (SSSR count). The quantitative estimate of drug-likeness (QED) is 0.568. The van der Waals surface area contributed by atoms with Gasteiger partial charge in [-0.05, 0) is 38.9 Å². The Labute approximate surface area is 124 Å². The molecule has 0 spiro atoms. The molecule has 0 fully saturated rings. The Hall–Kier alpha value is -1.11. The van der Waals surface area contributed by atoms with Crippen LogP contribution >= 0.6 is 11.8 Å². The van der Waals surface area contributed by atoms with E-state index in [1.54, 1.807) is 11.8 Å². The van der Waals surface area contributed by atoms with Gasteiger partial charge in [-0.2, -0.15) is 0 Å². The van der Waals surface area contributed by atoms with Crippen LogP contribution in [0.25, 0.3) is 5.65 Å². The molecule has 0 aromatic carbocycles. The number of hydrogen-bond donors (Lipinski definition) is 1. The Kier molecular flexibility index (Phi) is 6.29. The maximum Gasteiger partial charge on any atom is 0.195 e. The molecule has 1 N–H and O–H groups in total. The molecule has 6 heteroatoms. The van der Waals surface area contributed by atoms with Crippen molar-refractivity contribution in [3.8, 4) is 0 Å². The summed E-state index contributed by atoms with van der Waals surface area (Å²) in [4.78, 5) is 0. The van der Waals surface area contributed by atoms with Gasteiger partial charge in [0.15, 0.2) is 10.8 Å². The van der Waals surface area contributed by atoms with Crippen molar-refractivity contribution in [2.45, 2.75) is 31.5 Å². The Morgan fingerprint density at radius 2 is 2.20 bits per heavy atom. The first kappa shape index (κ1) is 15.3. The number of ether oxygens (including phenoxy) is 1. The van der Waals surface area contributed by atoms with E-state index in [4.69, 9.17) is 4.74 Å². The van der Waals surface area contributed by atoms with E-state index in [2.05, 4.69) is 29.4 Å². The highest BCUT2D eigenvalue weighted by Crippen LogP contribution is 2.15. The molecule has 0 unspecified atom stereocenters. The molecule has 2 heterocycles. The predicted molar refractivity (Wildman–Crippen MR) is 82.3 cm³/mol. The minimum atomic E-state index is 0.326. The van der Waals surface area contributed by atoms with Crippen LogP contribution in [0.15, 0.2) is 29.6 Å². The fourth-order valence-corrected chi connectivity index (χ4v) is 2.59. The van der Waals surface area contributed by atoms with Crippen molar-refractivity contribution in [2.75, 3.05) is 25.4 Å². The van der Waals surface area contributed by atoms with Gasteiger partial charge in [0.1, 0.15) is 0 Å². The standard InChI is InChI=1S/C14H22N4OS/c1-12(2)19-10-5-7-15-8-11-20-14-17-16-13-6-3-4-9-18(13)14/h3-4,6,9,12,15H,5,7-8,10-11H2,1-2H3. The van der Waals surface area contributed by atoms with Crippen LogP contribution in [0.3, 0.4) is 0 Å². The molecule has 0 atom stereocenters. The van der Waals surface area contributed by atoms with E-state index in [9.17, 15) is 0 Å². The third-order valence-corrected chi connectivity index (χ3v) is 3.69. The Morgan fingerprint density at radius 1 is 1.30 bits per heavy atom. The fourth-order valence-electron chi connectivity index (χ4n) is 1.77. The number of pyridine rings is 1. The summed E-state index contributed by atoms with van der Waals surface area (Å²) in [6.07, 6.45) is 3.37. The van der Waals surface area contributed by atoms with Gasteiger partial charge >= 0.3 is 0 Å². The minimum absolute atomic E-state index is 0.326. The van der Waals surface area contributed by atoms with Crippen molar-refractivity contribution in [1.82, 2.24) is 19.9 Å². The van der Waals surface area contributed by atoms with Crippen molar-refractivity contribution in [2.24, 2.45) is 0 Å². The SMILES string of the molecule is CC(C)OCCCNCCSc1nnc2ccccn12. The number of hydrogen-bond acceptors (Lipinski definition) is 5. The normalized spacial score (nSPS) is 11.6. The molecule has 0 saturated heterocycles. The summed E-state index contributed by atoms with van der Waals surface area (Å²) in [6, 6.07) is 5.93. The number of aromatic nitrogens is 3. The molecule has 110 valence electrons. The number of nitrogens with zero attached hydrogens (tertiary/aromatic N) is 3. The Morgan fingerprint density at radius 3 is 3.05 bits per heavy atom. The van der Waals surface area contributed by atoms with Gasteiger partial charge in [-0.15, -0.1) is 10.2 Å². The van der Waals surface area contributed by atoms with Gasteiger partial charge in [0.2, 0.25) is 0 Å². The van der Waals surface area contributed by atoms with Crippen LogP contribution in [0.2, 0.25) is 0 Å². The molecular formula is C14H22N4OS. The zero-order chi connectivity index (χ0) is 14.2. The van der Waals surface area contributed by atoms with Crippen LogP contribution in [0.1, 0.15) is 20.3 Å². The van der Waals surface area contributed by atoms with E-state index < -0.39 is 0 Å². The zero-order valence-electron chi connectivity index (χ0n) is 12.1. The van der Waals surface area contributed by atoms with Gasteiger partial charge in [-0.1, -0.05) is 17.8 Å². The van der Waals surface area contributed by atoms with E-state index in [0.717, 1.165) is 42.7 Å². The molecular weight excluding hydrogens is 272 g/mol. The van der Waals surface area contributed by atoms with Crippen LogP contribution in [0.4, 0.5) is 0 Å². The third kappa shape index (κ3) is 4.77. The first-order valence-corrected chi connectivity index (χ1v) is 8.01. The van der Waals surface area contributed by atoms with Crippen LogP contribution in [-0.4, -0.2) is 46.2 Å². The second-order valence-corrected chi connectivity index (χ2v) is 5.85. The van der Waals surface area contributed by atoms with Crippen molar-refractivity contribution in [3.63, 3.8) is 0 Å². The van der Waals surface area contributed by atoms with Gasteiger partial charge in [0, 0.05) is 25.1 Å². The number of fused-ring (bicyclic) bond motifs is 1. The van der Waals surface area contributed by atoms with Crippen molar-refractivity contribution < 1.29 is 4.74 Å². The highest BCUT2D eigenvalue weighted by atomic mass is 32.2. The topological polar surface area (TPSA) is 51.5 Å². The Bertz CT molecular complexity index is 515.